The number of aryl methyl sites for hydroxylation is 1. The lowest BCUT2D eigenvalue weighted by molar-refractivity contribution is 0.494. The second kappa shape index (κ2) is 7.40. The van der Waals surface area contributed by atoms with Gasteiger partial charge in [-0.2, -0.15) is 0 Å². The molecule has 0 aliphatic rings. The molecular weight excluding hydrogens is 297 g/mol. The molecule has 0 fully saturated rings. The Balaban J connectivity index is 2.61. The lowest BCUT2D eigenvalue weighted by Gasteiger charge is -2.15. The molecule has 0 unspecified atom stereocenters. The van der Waals surface area contributed by atoms with Crippen LogP contribution in [0.1, 0.15) is 29.3 Å². The summed E-state index contributed by atoms with van der Waals surface area (Å²) in [4.78, 5) is 9.57. The van der Waals surface area contributed by atoms with E-state index in [9.17, 15) is 4.39 Å². The van der Waals surface area contributed by atoms with Crippen LogP contribution in [0.3, 0.4) is 0 Å². The van der Waals surface area contributed by atoms with E-state index in [0.29, 0.717) is 5.69 Å². The highest BCUT2D eigenvalue weighted by Crippen LogP contribution is 2.32. The Morgan fingerprint density at radius 1 is 1.41 bits per heavy atom. The van der Waals surface area contributed by atoms with Gasteiger partial charge < -0.3 is 5.73 Å². The zero-order valence-electron chi connectivity index (χ0n) is 13.1. The summed E-state index contributed by atoms with van der Waals surface area (Å²) in [6.45, 7) is 3.60. The Morgan fingerprint density at radius 2 is 2.18 bits per heavy atom. The largest absolute Gasteiger partial charge is 0.368 e. The molecule has 0 saturated heterocycles. The smallest absolute Gasteiger partial charge is 0.220 e. The van der Waals surface area contributed by atoms with Crippen molar-refractivity contribution in [3.63, 3.8) is 0 Å². The minimum absolute atomic E-state index is 0.204. The molecule has 0 bridgehead atoms. The number of nitrogen functional groups attached to an aromatic ring is 1. The molecular formula is C17H20FN3S. The number of thioether (sulfide) groups is 1. The number of halogens is 1. The topological polar surface area (TPSA) is 51.8 Å². The molecule has 5 heteroatoms. The minimum atomic E-state index is -0.443. The van der Waals surface area contributed by atoms with E-state index in [-0.39, 0.29) is 12.4 Å². The molecule has 0 spiro atoms. The summed E-state index contributed by atoms with van der Waals surface area (Å²) in [6.07, 6.45) is 5.96. The molecule has 2 N–H and O–H groups in total. The number of hydrogen-bond donors (Lipinski definition) is 1. The number of nitrogens with zero attached hydrogens (tertiary/aromatic N) is 2. The van der Waals surface area contributed by atoms with Crippen molar-refractivity contribution in [2.24, 2.45) is 0 Å². The number of alkyl halides is 1. The van der Waals surface area contributed by atoms with Crippen LogP contribution in [0, 0.1) is 6.92 Å². The third-order valence-corrected chi connectivity index (χ3v) is 4.47. The highest BCUT2D eigenvalue weighted by atomic mass is 32.2. The van der Waals surface area contributed by atoms with Gasteiger partial charge in [-0.25, -0.2) is 9.97 Å². The van der Waals surface area contributed by atoms with Gasteiger partial charge in [-0.15, -0.1) is 11.8 Å². The van der Waals surface area contributed by atoms with E-state index in [2.05, 4.69) is 35.3 Å². The lowest BCUT2D eigenvalue weighted by Crippen LogP contribution is -2.06. The summed E-state index contributed by atoms with van der Waals surface area (Å²) in [7, 11) is 0. The van der Waals surface area contributed by atoms with Crippen LogP contribution in [0.15, 0.2) is 35.4 Å². The van der Waals surface area contributed by atoms with Gasteiger partial charge in [-0.1, -0.05) is 18.2 Å². The highest BCUT2D eigenvalue weighted by molar-refractivity contribution is 7.98. The van der Waals surface area contributed by atoms with Gasteiger partial charge in [0, 0.05) is 23.1 Å². The van der Waals surface area contributed by atoms with E-state index in [1.807, 2.05) is 19.1 Å². The number of nitrogens with two attached hydrogens (primary N) is 1. The van der Waals surface area contributed by atoms with Crippen LogP contribution in [0.5, 0.6) is 0 Å². The third-order valence-electron chi connectivity index (χ3n) is 3.58. The number of aromatic nitrogens is 2. The first-order valence-corrected chi connectivity index (χ1v) is 8.32. The summed E-state index contributed by atoms with van der Waals surface area (Å²) in [5, 5.41) is 0. The number of rotatable bonds is 5. The van der Waals surface area contributed by atoms with Crippen LogP contribution in [0.2, 0.25) is 0 Å². The molecule has 0 atom stereocenters. The third kappa shape index (κ3) is 3.30. The van der Waals surface area contributed by atoms with Crippen LogP contribution >= 0.6 is 11.8 Å². The first kappa shape index (κ1) is 16.5. The van der Waals surface area contributed by atoms with Crippen LogP contribution in [-0.2, 0) is 6.42 Å². The van der Waals surface area contributed by atoms with Crippen molar-refractivity contribution in [2.45, 2.75) is 25.2 Å². The van der Waals surface area contributed by atoms with Gasteiger partial charge in [0.25, 0.3) is 0 Å². The van der Waals surface area contributed by atoms with Gasteiger partial charge in [0.1, 0.15) is 0 Å². The molecule has 1 heterocycles. The van der Waals surface area contributed by atoms with Gasteiger partial charge >= 0.3 is 0 Å². The molecule has 0 aliphatic carbocycles. The summed E-state index contributed by atoms with van der Waals surface area (Å²) in [5.41, 5.74) is 10.5. The standard InChI is InChI=1S/C17H20FN3S/c1-4-13(14-6-5-7-15(22-3)11(14)2)16-12(8-9-18)10-20-17(19)21-16/h4-7,10H,8-9H2,1-3H3,(H2,19,20,21)/b13-4+. The van der Waals surface area contributed by atoms with E-state index in [4.69, 9.17) is 5.73 Å². The number of benzene rings is 1. The number of allylic oxidation sites excluding steroid dienone is 1. The van der Waals surface area contributed by atoms with Gasteiger partial charge in [0.2, 0.25) is 5.95 Å². The average molecular weight is 317 g/mol. The van der Waals surface area contributed by atoms with Crippen molar-refractivity contribution in [3.05, 3.63) is 52.9 Å². The van der Waals surface area contributed by atoms with Crippen molar-refractivity contribution in [1.29, 1.82) is 0 Å². The van der Waals surface area contributed by atoms with E-state index in [1.54, 1.807) is 18.0 Å². The van der Waals surface area contributed by atoms with Crippen LogP contribution < -0.4 is 5.73 Å². The zero-order chi connectivity index (χ0) is 16.1. The molecule has 0 saturated carbocycles. The Bertz CT molecular complexity index is 698. The van der Waals surface area contributed by atoms with Crippen LogP contribution in [0.25, 0.3) is 5.57 Å². The fraction of sp³-hybridized carbons (Fsp3) is 0.294. The average Bonchev–Trinajstić information content (AvgIpc) is 2.52. The van der Waals surface area contributed by atoms with E-state index in [1.165, 1.54) is 10.5 Å². The van der Waals surface area contributed by atoms with Crippen molar-refractivity contribution >= 4 is 23.3 Å². The first-order chi connectivity index (χ1) is 10.6. The number of anilines is 1. The summed E-state index contributed by atoms with van der Waals surface area (Å²) in [6, 6.07) is 6.17. The Labute approximate surface area is 134 Å². The molecule has 1 aromatic heterocycles. The predicted octanol–water partition coefficient (Wildman–Crippen LogP) is 4.05. The van der Waals surface area contributed by atoms with Crippen molar-refractivity contribution < 1.29 is 4.39 Å². The molecule has 22 heavy (non-hydrogen) atoms. The highest BCUT2D eigenvalue weighted by Gasteiger charge is 2.15. The molecule has 1 aromatic carbocycles. The molecule has 0 amide bonds. The monoisotopic (exact) mass is 317 g/mol. The lowest BCUT2D eigenvalue weighted by atomic mass is 9.94. The Hall–Kier alpha value is -1.88. The maximum absolute atomic E-state index is 12.8. The van der Waals surface area contributed by atoms with Gasteiger partial charge in [-0.05, 0) is 42.9 Å². The molecule has 2 rings (SSSR count). The zero-order valence-corrected chi connectivity index (χ0v) is 13.9. The van der Waals surface area contributed by atoms with E-state index in [0.717, 1.165) is 16.7 Å². The summed E-state index contributed by atoms with van der Waals surface area (Å²) < 4.78 is 12.8. The summed E-state index contributed by atoms with van der Waals surface area (Å²) in [5.74, 6) is 0.204. The van der Waals surface area contributed by atoms with Gasteiger partial charge in [-0.3, -0.25) is 4.39 Å². The first-order valence-electron chi connectivity index (χ1n) is 7.10. The second-order valence-electron chi connectivity index (χ2n) is 4.88. The van der Waals surface area contributed by atoms with Crippen LogP contribution in [-0.4, -0.2) is 22.9 Å². The molecule has 116 valence electrons. The Morgan fingerprint density at radius 3 is 2.82 bits per heavy atom. The summed E-state index contributed by atoms with van der Waals surface area (Å²) >= 11 is 1.71. The fourth-order valence-corrected chi connectivity index (χ4v) is 3.12. The van der Waals surface area contributed by atoms with Crippen LogP contribution in [0.4, 0.5) is 10.3 Å². The van der Waals surface area contributed by atoms with Crippen molar-refractivity contribution in [3.8, 4) is 0 Å². The molecule has 0 radical (unpaired) electrons. The Kier molecular flexibility index (Phi) is 5.55. The van der Waals surface area contributed by atoms with E-state index >= 15 is 0 Å². The predicted molar refractivity (Wildman–Crippen MR) is 91.8 cm³/mol. The SMILES string of the molecule is C/C=C(\c1cccc(SC)c1C)c1nc(N)ncc1CCF. The van der Waals surface area contributed by atoms with E-state index < -0.39 is 6.67 Å². The quantitative estimate of drug-likeness (QED) is 0.845. The molecule has 3 nitrogen and oxygen atoms in total. The molecule has 2 aromatic rings. The fourth-order valence-electron chi connectivity index (χ4n) is 2.49. The van der Waals surface area contributed by atoms with Gasteiger partial charge in [0.15, 0.2) is 0 Å². The normalized spacial score (nSPS) is 11.7. The maximum Gasteiger partial charge on any atom is 0.220 e. The minimum Gasteiger partial charge on any atom is -0.368 e. The van der Waals surface area contributed by atoms with Gasteiger partial charge in [0.05, 0.1) is 12.4 Å². The van der Waals surface area contributed by atoms with Crippen molar-refractivity contribution in [2.75, 3.05) is 18.7 Å². The van der Waals surface area contributed by atoms with Crippen molar-refractivity contribution in [1.82, 2.24) is 9.97 Å². The maximum atomic E-state index is 12.8. The second-order valence-corrected chi connectivity index (χ2v) is 5.72. The number of hydrogen-bond acceptors (Lipinski definition) is 4. The molecule has 0 aliphatic heterocycles.